The maximum Gasteiger partial charge on any atom is 0.245 e. The maximum atomic E-state index is 13.9. The number of sulfonamides is 1. The summed E-state index contributed by atoms with van der Waals surface area (Å²) in [5, 5.41) is 2.97. The van der Waals surface area contributed by atoms with Gasteiger partial charge in [-0.25, -0.2) is 12.8 Å². The fourth-order valence-corrected chi connectivity index (χ4v) is 5.63. The highest BCUT2D eigenvalue weighted by Crippen LogP contribution is 2.25. The second-order valence-corrected chi connectivity index (χ2v) is 9.82. The molecule has 2 atom stereocenters. The summed E-state index contributed by atoms with van der Waals surface area (Å²) in [5.41, 5.74) is 0. The van der Waals surface area contributed by atoms with Crippen LogP contribution in [0.5, 0.6) is 0 Å². The zero-order chi connectivity index (χ0) is 21.0. The lowest BCUT2D eigenvalue weighted by molar-refractivity contribution is -0.126. The molecule has 1 N–H and O–H groups in total. The van der Waals surface area contributed by atoms with Gasteiger partial charge in [-0.15, -0.1) is 0 Å². The van der Waals surface area contributed by atoms with Crippen LogP contribution in [0.25, 0.3) is 0 Å². The van der Waals surface area contributed by atoms with E-state index in [9.17, 15) is 17.6 Å². The van der Waals surface area contributed by atoms with E-state index < -0.39 is 15.8 Å². The normalized spacial score (nSPS) is 25.1. The van der Waals surface area contributed by atoms with E-state index in [2.05, 4.69) is 10.2 Å². The van der Waals surface area contributed by atoms with Crippen LogP contribution in [-0.2, 0) is 19.6 Å². The zero-order valence-corrected chi connectivity index (χ0v) is 17.8. The molecule has 3 rings (SSSR count). The molecule has 7 nitrogen and oxygen atoms in total. The summed E-state index contributed by atoms with van der Waals surface area (Å²) in [5.74, 6) is -1.01. The van der Waals surface area contributed by atoms with Crippen molar-refractivity contribution in [1.29, 1.82) is 0 Å². The molecule has 0 saturated carbocycles. The van der Waals surface area contributed by atoms with Crippen LogP contribution in [0, 0.1) is 11.7 Å². The van der Waals surface area contributed by atoms with Crippen LogP contribution in [0.3, 0.4) is 0 Å². The molecule has 29 heavy (non-hydrogen) atoms. The van der Waals surface area contributed by atoms with Gasteiger partial charge in [0.25, 0.3) is 0 Å². The van der Waals surface area contributed by atoms with Crippen LogP contribution < -0.4 is 5.32 Å². The summed E-state index contributed by atoms with van der Waals surface area (Å²) in [6.07, 6.45) is 1.25. The first-order chi connectivity index (χ1) is 13.8. The number of carbonyl (C=O) groups excluding carboxylic acids is 1. The molecular weight excluding hydrogens is 397 g/mol. The highest BCUT2D eigenvalue weighted by molar-refractivity contribution is 7.89. The zero-order valence-electron chi connectivity index (χ0n) is 17.0. The number of ether oxygens (including phenoxy) is 1. The molecule has 0 spiro atoms. The summed E-state index contributed by atoms with van der Waals surface area (Å²) in [6, 6.07) is 5.38. The van der Waals surface area contributed by atoms with Gasteiger partial charge in [0.05, 0.1) is 12.2 Å². The van der Waals surface area contributed by atoms with Crippen LogP contribution in [-0.4, -0.2) is 75.0 Å². The van der Waals surface area contributed by atoms with E-state index in [-0.39, 0.29) is 42.0 Å². The Labute approximate surface area is 172 Å². The second-order valence-electron chi connectivity index (χ2n) is 7.92. The van der Waals surface area contributed by atoms with Crippen molar-refractivity contribution in [3.8, 4) is 0 Å². The number of nitrogens with zero attached hydrogens (tertiary/aromatic N) is 2. The van der Waals surface area contributed by atoms with E-state index in [0.29, 0.717) is 19.4 Å². The average molecular weight is 428 g/mol. The van der Waals surface area contributed by atoms with E-state index >= 15 is 0 Å². The second kappa shape index (κ2) is 9.51. The molecule has 2 heterocycles. The maximum absolute atomic E-state index is 13.9. The molecule has 1 aromatic rings. The van der Waals surface area contributed by atoms with Gasteiger partial charge in [-0.2, -0.15) is 4.31 Å². The van der Waals surface area contributed by atoms with Gasteiger partial charge in [0.1, 0.15) is 10.7 Å². The standard InChI is InChI=1S/C20H30FN3O4S/c1-15-13-23(14-16(2)28-15)12-9-22-20(25)17-7-10-24(11-8-17)29(26,27)19-6-4-3-5-18(19)21/h3-6,15-17H,7-14H2,1-2H3,(H,22,25). The largest absolute Gasteiger partial charge is 0.373 e. The Morgan fingerprint density at radius 2 is 1.79 bits per heavy atom. The minimum absolute atomic E-state index is 0.0395. The SMILES string of the molecule is CC1CN(CCNC(=O)C2CCN(S(=O)(=O)c3ccccc3F)CC2)CC(C)O1. The Bertz CT molecular complexity index is 802. The molecule has 0 radical (unpaired) electrons. The van der Waals surface area contributed by atoms with E-state index in [1.165, 1.54) is 22.5 Å². The number of halogens is 1. The Kier molecular flexibility index (Phi) is 7.26. The molecule has 0 aromatic heterocycles. The van der Waals surface area contributed by atoms with Crippen LogP contribution in [0.4, 0.5) is 4.39 Å². The van der Waals surface area contributed by atoms with Crippen molar-refractivity contribution in [3.05, 3.63) is 30.1 Å². The van der Waals surface area contributed by atoms with Gasteiger partial charge in [-0.05, 0) is 38.8 Å². The number of morpholine rings is 1. The van der Waals surface area contributed by atoms with Crippen molar-refractivity contribution >= 4 is 15.9 Å². The lowest BCUT2D eigenvalue weighted by Gasteiger charge is -2.35. The van der Waals surface area contributed by atoms with Gasteiger partial charge in [0, 0.05) is 45.2 Å². The Hall–Kier alpha value is -1.55. The number of amides is 1. The van der Waals surface area contributed by atoms with Gasteiger partial charge in [0.2, 0.25) is 15.9 Å². The lowest BCUT2D eigenvalue weighted by atomic mass is 9.97. The molecule has 2 aliphatic rings. The van der Waals surface area contributed by atoms with Crippen molar-refractivity contribution in [3.63, 3.8) is 0 Å². The Morgan fingerprint density at radius 1 is 1.17 bits per heavy atom. The predicted molar refractivity (Wildman–Crippen MR) is 107 cm³/mol. The fraction of sp³-hybridized carbons (Fsp3) is 0.650. The monoisotopic (exact) mass is 427 g/mol. The number of nitrogens with one attached hydrogen (secondary N) is 1. The topological polar surface area (TPSA) is 79.0 Å². The average Bonchev–Trinajstić information content (AvgIpc) is 2.67. The summed E-state index contributed by atoms with van der Waals surface area (Å²) in [7, 11) is -3.88. The number of benzene rings is 1. The molecule has 2 fully saturated rings. The first-order valence-electron chi connectivity index (χ1n) is 10.2. The molecule has 1 amide bonds. The third kappa shape index (κ3) is 5.53. The molecular formula is C20H30FN3O4S. The third-order valence-electron chi connectivity index (χ3n) is 5.50. The molecule has 0 aliphatic carbocycles. The van der Waals surface area contributed by atoms with Gasteiger partial charge < -0.3 is 10.1 Å². The summed E-state index contributed by atoms with van der Waals surface area (Å²) in [6.45, 7) is 7.56. The third-order valence-corrected chi connectivity index (χ3v) is 7.43. The predicted octanol–water partition coefficient (Wildman–Crippen LogP) is 1.45. The van der Waals surface area contributed by atoms with Crippen LogP contribution in [0.1, 0.15) is 26.7 Å². The van der Waals surface area contributed by atoms with Gasteiger partial charge in [-0.1, -0.05) is 12.1 Å². The van der Waals surface area contributed by atoms with Gasteiger partial charge in [0.15, 0.2) is 0 Å². The molecule has 2 unspecified atom stereocenters. The highest BCUT2D eigenvalue weighted by Gasteiger charge is 2.33. The minimum atomic E-state index is -3.88. The smallest absolute Gasteiger partial charge is 0.245 e. The van der Waals surface area contributed by atoms with Crippen LogP contribution in [0.2, 0.25) is 0 Å². The first-order valence-corrected chi connectivity index (χ1v) is 11.6. The Morgan fingerprint density at radius 3 is 2.41 bits per heavy atom. The van der Waals surface area contributed by atoms with Crippen LogP contribution >= 0.6 is 0 Å². The molecule has 0 bridgehead atoms. The van der Waals surface area contributed by atoms with E-state index in [0.717, 1.165) is 25.7 Å². The Balaban J connectivity index is 1.45. The highest BCUT2D eigenvalue weighted by atomic mass is 32.2. The van der Waals surface area contributed by atoms with E-state index in [1.54, 1.807) is 0 Å². The van der Waals surface area contributed by atoms with Crippen molar-refractivity contribution in [1.82, 2.24) is 14.5 Å². The van der Waals surface area contributed by atoms with Crippen molar-refractivity contribution in [2.45, 2.75) is 43.8 Å². The number of rotatable bonds is 6. The minimum Gasteiger partial charge on any atom is -0.373 e. The molecule has 9 heteroatoms. The fourth-order valence-electron chi connectivity index (χ4n) is 4.10. The van der Waals surface area contributed by atoms with E-state index in [1.807, 2.05) is 13.8 Å². The quantitative estimate of drug-likeness (QED) is 0.744. The summed E-state index contributed by atoms with van der Waals surface area (Å²) >= 11 is 0. The van der Waals surface area contributed by atoms with Gasteiger partial charge >= 0.3 is 0 Å². The molecule has 2 aliphatic heterocycles. The number of hydrogen-bond acceptors (Lipinski definition) is 5. The van der Waals surface area contributed by atoms with Crippen LogP contribution in [0.15, 0.2) is 29.2 Å². The molecule has 1 aromatic carbocycles. The number of piperidine rings is 1. The lowest BCUT2D eigenvalue weighted by Crippen LogP contribution is -2.48. The summed E-state index contributed by atoms with van der Waals surface area (Å²) < 4.78 is 46.2. The van der Waals surface area contributed by atoms with Crippen molar-refractivity contribution in [2.75, 3.05) is 39.3 Å². The first kappa shape index (κ1) is 22.1. The summed E-state index contributed by atoms with van der Waals surface area (Å²) in [4.78, 5) is 14.4. The van der Waals surface area contributed by atoms with Crippen molar-refractivity contribution in [2.24, 2.45) is 5.92 Å². The number of carbonyl (C=O) groups is 1. The number of hydrogen-bond donors (Lipinski definition) is 1. The van der Waals surface area contributed by atoms with Crippen molar-refractivity contribution < 1.29 is 22.3 Å². The molecule has 2 saturated heterocycles. The molecule has 162 valence electrons. The van der Waals surface area contributed by atoms with Gasteiger partial charge in [-0.3, -0.25) is 9.69 Å². The van der Waals surface area contributed by atoms with E-state index in [4.69, 9.17) is 4.74 Å².